The van der Waals surface area contributed by atoms with Crippen molar-refractivity contribution in [2.24, 2.45) is 0 Å². The number of rotatable bonds is 5. The van der Waals surface area contributed by atoms with Gasteiger partial charge >= 0.3 is 0 Å². The van der Waals surface area contributed by atoms with E-state index in [0.29, 0.717) is 18.2 Å². The molecule has 0 spiro atoms. The molecule has 1 aliphatic rings. The summed E-state index contributed by atoms with van der Waals surface area (Å²) in [5.41, 5.74) is 3.82. The number of hydrogen-bond donors (Lipinski definition) is 1. The lowest BCUT2D eigenvalue weighted by Crippen LogP contribution is -2.25. The first-order valence-corrected chi connectivity index (χ1v) is 9.58. The van der Waals surface area contributed by atoms with Crippen molar-refractivity contribution in [2.75, 3.05) is 6.54 Å². The van der Waals surface area contributed by atoms with E-state index in [-0.39, 0.29) is 5.91 Å². The van der Waals surface area contributed by atoms with Crippen LogP contribution in [-0.2, 0) is 6.42 Å². The molecule has 1 aliphatic carbocycles. The minimum absolute atomic E-state index is 0.0590. The van der Waals surface area contributed by atoms with E-state index in [1.165, 1.54) is 25.7 Å². The van der Waals surface area contributed by atoms with E-state index < -0.39 is 0 Å². The minimum Gasteiger partial charge on any atom is -0.352 e. The van der Waals surface area contributed by atoms with Crippen molar-refractivity contribution in [1.82, 2.24) is 14.9 Å². The van der Waals surface area contributed by atoms with E-state index in [4.69, 9.17) is 11.6 Å². The second kappa shape index (κ2) is 7.50. The van der Waals surface area contributed by atoms with Gasteiger partial charge in [-0.05, 0) is 55.2 Å². The minimum atomic E-state index is -0.0590. The molecule has 0 aliphatic heterocycles. The zero-order valence-electron chi connectivity index (χ0n) is 14.6. The predicted octanol–water partition coefficient (Wildman–Crippen LogP) is 4.78. The van der Waals surface area contributed by atoms with Gasteiger partial charge in [0.1, 0.15) is 0 Å². The van der Waals surface area contributed by atoms with Crippen LogP contribution in [0.2, 0.25) is 5.02 Å². The van der Waals surface area contributed by atoms with Crippen LogP contribution in [0.4, 0.5) is 0 Å². The Morgan fingerprint density at radius 2 is 1.92 bits per heavy atom. The Hall–Kier alpha value is -2.33. The Balaban J connectivity index is 1.41. The maximum absolute atomic E-state index is 12.4. The van der Waals surface area contributed by atoms with E-state index in [0.717, 1.165) is 28.0 Å². The van der Waals surface area contributed by atoms with Gasteiger partial charge in [0.2, 0.25) is 0 Å². The van der Waals surface area contributed by atoms with Crippen LogP contribution in [-0.4, -0.2) is 22.0 Å². The van der Waals surface area contributed by atoms with E-state index in [9.17, 15) is 4.79 Å². The highest BCUT2D eigenvalue weighted by molar-refractivity contribution is 6.30. The molecule has 4 rings (SSSR count). The highest BCUT2D eigenvalue weighted by atomic mass is 35.5. The third kappa shape index (κ3) is 3.61. The van der Waals surface area contributed by atoms with Crippen molar-refractivity contribution in [3.8, 4) is 0 Å². The summed E-state index contributed by atoms with van der Waals surface area (Å²) < 4.78 is 2.27. The Morgan fingerprint density at radius 1 is 1.15 bits per heavy atom. The molecule has 134 valence electrons. The monoisotopic (exact) mass is 367 g/mol. The smallest absolute Gasteiger partial charge is 0.251 e. The summed E-state index contributed by atoms with van der Waals surface area (Å²) in [6.07, 6.45) is 7.72. The number of amides is 1. The number of nitrogens with zero attached hydrogens (tertiary/aromatic N) is 2. The van der Waals surface area contributed by atoms with Crippen LogP contribution < -0.4 is 5.32 Å². The summed E-state index contributed by atoms with van der Waals surface area (Å²) in [5.74, 6) is -0.0590. The lowest BCUT2D eigenvalue weighted by Gasteiger charge is -2.12. The fraction of sp³-hybridized carbons (Fsp3) is 0.333. The van der Waals surface area contributed by atoms with Gasteiger partial charge in [0.25, 0.3) is 5.91 Å². The maximum atomic E-state index is 12.4. The molecule has 1 saturated carbocycles. The normalized spacial score (nSPS) is 14.8. The molecule has 0 bridgehead atoms. The molecule has 1 heterocycles. The van der Waals surface area contributed by atoms with Crippen LogP contribution in [0, 0.1) is 0 Å². The molecule has 3 aromatic rings. The van der Waals surface area contributed by atoms with Crippen molar-refractivity contribution in [3.05, 3.63) is 64.9 Å². The SMILES string of the molecule is O=C(NCCc1ccc(Cl)cc1)c1ccc2c(c1)ncn2C1CCCC1. The summed E-state index contributed by atoms with van der Waals surface area (Å²) in [6, 6.07) is 14.1. The zero-order valence-corrected chi connectivity index (χ0v) is 15.4. The largest absolute Gasteiger partial charge is 0.352 e. The van der Waals surface area contributed by atoms with Gasteiger partial charge < -0.3 is 9.88 Å². The molecule has 0 unspecified atom stereocenters. The van der Waals surface area contributed by atoms with Crippen LogP contribution in [0.25, 0.3) is 11.0 Å². The fourth-order valence-corrected chi connectivity index (χ4v) is 3.85. The van der Waals surface area contributed by atoms with Crippen molar-refractivity contribution < 1.29 is 4.79 Å². The number of halogens is 1. The molecule has 1 aromatic heterocycles. The van der Waals surface area contributed by atoms with Crippen molar-refractivity contribution in [1.29, 1.82) is 0 Å². The average molecular weight is 368 g/mol. The highest BCUT2D eigenvalue weighted by Gasteiger charge is 2.19. The second-order valence-corrected chi connectivity index (χ2v) is 7.36. The molecule has 5 heteroatoms. The molecule has 1 N–H and O–H groups in total. The number of imidazole rings is 1. The zero-order chi connectivity index (χ0) is 17.9. The van der Waals surface area contributed by atoms with Gasteiger partial charge in [-0.15, -0.1) is 0 Å². The molecule has 0 radical (unpaired) electrons. The first-order chi connectivity index (χ1) is 12.7. The average Bonchev–Trinajstić information content (AvgIpc) is 3.31. The third-order valence-electron chi connectivity index (χ3n) is 5.17. The van der Waals surface area contributed by atoms with Gasteiger partial charge in [0, 0.05) is 23.2 Å². The Bertz CT molecular complexity index is 911. The summed E-state index contributed by atoms with van der Waals surface area (Å²) in [6.45, 7) is 0.592. The lowest BCUT2D eigenvalue weighted by atomic mass is 10.1. The summed E-state index contributed by atoms with van der Waals surface area (Å²) in [5, 5.41) is 3.71. The van der Waals surface area contributed by atoms with Gasteiger partial charge in [-0.25, -0.2) is 4.98 Å². The summed E-state index contributed by atoms with van der Waals surface area (Å²) >= 11 is 5.89. The van der Waals surface area contributed by atoms with Gasteiger partial charge in [-0.1, -0.05) is 36.6 Å². The van der Waals surface area contributed by atoms with Crippen LogP contribution in [0.3, 0.4) is 0 Å². The van der Waals surface area contributed by atoms with Crippen LogP contribution in [0.15, 0.2) is 48.8 Å². The molecule has 0 atom stereocenters. The van der Waals surface area contributed by atoms with Gasteiger partial charge in [0.05, 0.1) is 17.4 Å². The molecule has 1 fully saturated rings. The quantitative estimate of drug-likeness (QED) is 0.705. The number of hydrogen-bond acceptors (Lipinski definition) is 2. The van der Waals surface area contributed by atoms with Crippen LogP contribution in [0.1, 0.15) is 47.6 Å². The summed E-state index contributed by atoms with van der Waals surface area (Å²) in [4.78, 5) is 16.9. The summed E-state index contributed by atoms with van der Waals surface area (Å²) in [7, 11) is 0. The molecule has 4 nitrogen and oxygen atoms in total. The maximum Gasteiger partial charge on any atom is 0.251 e. The first-order valence-electron chi connectivity index (χ1n) is 9.20. The Labute approximate surface area is 158 Å². The number of fused-ring (bicyclic) bond motifs is 1. The molecule has 1 amide bonds. The molecular weight excluding hydrogens is 346 g/mol. The molecular formula is C21H22ClN3O. The Kier molecular flexibility index (Phi) is 4.93. The van der Waals surface area contributed by atoms with E-state index >= 15 is 0 Å². The topological polar surface area (TPSA) is 46.9 Å². The third-order valence-corrected chi connectivity index (χ3v) is 5.42. The lowest BCUT2D eigenvalue weighted by molar-refractivity contribution is 0.0954. The van der Waals surface area contributed by atoms with Gasteiger partial charge in [-0.2, -0.15) is 0 Å². The fourth-order valence-electron chi connectivity index (χ4n) is 3.72. The van der Waals surface area contributed by atoms with E-state index in [2.05, 4.69) is 14.9 Å². The number of benzene rings is 2. The first kappa shape index (κ1) is 17.1. The standard InChI is InChI=1S/C21H22ClN3O/c22-17-8-5-15(6-9-17)11-12-23-21(26)16-7-10-20-19(13-16)24-14-25(20)18-3-1-2-4-18/h5-10,13-14,18H,1-4,11-12H2,(H,23,26). The molecule has 2 aromatic carbocycles. The molecule has 26 heavy (non-hydrogen) atoms. The molecule has 0 saturated heterocycles. The number of aromatic nitrogens is 2. The van der Waals surface area contributed by atoms with Gasteiger partial charge in [0.15, 0.2) is 0 Å². The number of carbonyl (C=O) groups is 1. The van der Waals surface area contributed by atoms with Crippen LogP contribution in [0.5, 0.6) is 0 Å². The second-order valence-electron chi connectivity index (χ2n) is 6.93. The van der Waals surface area contributed by atoms with Crippen LogP contribution >= 0.6 is 11.6 Å². The number of carbonyl (C=O) groups excluding carboxylic acids is 1. The predicted molar refractivity (Wildman–Crippen MR) is 105 cm³/mol. The Morgan fingerprint density at radius 3 is 2.69 bits per heavy atom. The highest BCUT2D eigenvalue weighted by Crippen LogP contribution is 2.32. The van der Waals surface area contributed by atoms with Crippen molar-refractivity contribution in [2.45, 2.75) is 38.1 Å². The van der Waals surface area contributed by atoms with Crippen molar-refractivity contribution >= 4 is 28.5 Å². The van der Waals surface area contributed by atoms with Gasteiger partial charge in [-0.3, -0.25) is 4.79 Å². The number of nitrogens with one attached hydrogen (secondary N) is 1. The van der Waals surface area contributed by atoms with Crippen molar-refractivity contribution in [3.63, 3.8) is 0 Å². The van der Waals surface area contributed by atoms with E-state index in [1.54, 1.807) is 0 Å². The van der Waals surface area contributed by atoms with E-state index in [1.807, 2.05) is 48.8 Å².